The van der Waals surface area contributed by atoms with Gasteiger partial charge in [0.1, 0.15) is 0 Å². The molecule has 0 aliphatic rings. The Bertz CT molecular complexity index is 510. The van der Waals surface area contributed by atoms with E-state index in [0.717, 1.165) is 14.3 Å². The van der Waals surface area contributed by atoms with Gasteiger partial charge in [0.05, 0.1) is 4.92 Å². The Hall–Kier alpha value is -1.17. The molecule has 0 atom stereocenters. The molecule has 0 heterocycles. The van der Waals surface area contributed by atoms with Crippen molar-refractivity contribution in [1.82, 2.24) is 0 Å². The molecule has 0 fully saturated rings. The fourth-order valence-corrected chi connectivity index (χ4v) is 2.01. The quantitative estimate of drug-likeness (QED) is 0.460. The Morgan fingerprint density at radius 2 is 2.00 bits per heavy atom. The molecule has 2 rings (SSSR count). The summed E-state index contributed by atoms with van der Waals surface area (Å²) in [5.41, 5.74) is 0.140. The van der Waals surface area contributed by atoms with Gasteiger partial charge in [0.2, 0.25) is 0 Å². The third-order valence-electron chi connectivity index (χ3n) is 2.02. The van der Waals surface area contributed by atoms with E-state index in [2.05, 4.69) is 22.6 Å². The van der Waals surface area contributed by atoms with Crippen LogP contribution in [0.3, 0.4) is 0 Å². The maximum Gasteiger partial charge on any atom is 0.270 e. The van der Waals surface area contributed by atoms with Gasteiger partial charge in [-0.15, -0.1) is 0 Å². The van der Waals surface area contributed by atoms with Crippen LogP contribution >= 0.6 is 22.6 Å². The van der Waals surface area contributed by atoms with Gasteiger partial charge >= 0.3 is 0 Å². The van der Waals surface area contributed by atoms with Gasteiger partial charge in [0.15, 0.2) is 0 Å². The van der Waals surface area contributed by atoms with E-state index in [1.807, 2.05) is 18.2 Å². The summed E-state index contributed by atoms with van der Waals surface area (Å²) in [7, 11) is 0. The van der Waals surface area contributed by atoms with Gasteiger partial charge < -0.3 is 0 Å². The molecule has 0 radical (unpaired) electrons. The summed E-state index contributed by atoms with van der Waals surface area (Å²) in [5.74, 6) is 0. The standard InChI is InChI=1S/C10H6INO2/c11-10-3-1-2-7-4-5-8(12(13)14)6-9(7)10/h1-6H. The molecular weight excluding hydrogens is 293 g/mol. The van der Waals surface area contributed by atoms with Crippen molar-refractivity contribution in [1.29, 1.82) is 0 Å². The van der Waals surface area contributed by atoms with Crippen LogP contribution in [0, 0.1) is 13.7 Å². The summed E-state index contributed by atoms with van der Waals surface area (Å²) in [5, 5.41) is 12.5. The minimum Gasteiger partial charge on any atom is -0.258 e. The molecule has 0 bridgehead atoms. The van der Waals surface area contributed by atoms with Crippen LogP contribution in [0.25, 0.3) is 10.8 Å². The van der Waals surface area contributed by atoms with E-state index in [1.54, 1.807) is 12.1 Å². The van der Waals surface area contributed by atoms with Crippen LogP contribution in [0.5, 0.6) is 0 Å². The highest BCUT2D eigenvalue weighted by atomic mass is 127. The number of halogens is 1. The Morgan fingerprint density at radius 1 is 1.21 bits per heavy atom. The van der Waals surface area contributed by atoms with Crippen LogP contribution < -0.4 is 0 Å². The van der Waals surface area contributed by atoms with Gasteiger partial charge in [0, 0.05) is 21.1 Å². The molecule has 14 heavy (non-hydrogen) atoms. The van der Waals surface area contributed by atoms with Crippen LogP contribution in [0.4, 0.5) is 5.69 Å². The van der Waals surface area contributed by atoms with Gasteiger partial charge in [-0.2, -0.15) is 0 Å². The van der Waals surface area contributed by atoms with Crippen molar-refractivity contribution < 1.29 is 4.92 Å². The second-order valence-electron chi connectivity index (χ2n) is 2.90. The smallest absolute Gasteiger partial charge is 0.258 e. The molecule has 0 aliphatic carbocycles. The fraction of sp³-hybridized carbons (Fsp3) is 0. The van der Waals surface area contributed by atoms with Gasteiger partial charge in [-0.3, -0.25) is 10.1 Å². The molecule has 0 saturated carbocycles. The number of non-ortho nitro benzene ring substituents is 1. The number of hydrogen-bond donors (Lipinski definition) is 0. The lowest BCUT2D eigenvalue weighted by Gasteiger charge is -1.99. The summed E-state index contributed by atoms with van der Waals surface area (Å²) < 4.78 is 1.03. The van der Waals surface area contributed by atoms with Crippen molar-refractivity contribution in [3.8, 4) is 0 Å². The fourth-order valence-electron chi connectivity index (χ4n) is 1.34. The molecule has 0 aromatic heterocycles. The zero-order valence-electron chi connectivity index (χ0n) is 7.11. The lowest BCUT2D eigenvalue weighted by Crippen LogP contribution is -1.87. The topological polar surface area (TPSA) is 43.1 Å². The van der Waals surface area contributed by atoms with Crippen LogP contribution in [0.15, 0.2) is 36.4 Å². The number of nitro groups is 1. The van der Waals surface area contributed by atoms with Crippen molar-refractivity contribution in [2.75, 3.05) is 0 Å². The Kier molecular flexibility index (Phi) is 2.37. The van der Waals surface area contributed by atoms with Crippen molar-refractivity contribution >= 4 is 39.1 Å². The lowest BCUT2D eigenvalue weighted by atomic mass is 10.1. The molecule has 0 saturated heterocycles. The summed E-state index contributed by atoms with van der Waals surface area (Å²) in [4.78, 5) is 10.2. The molecule has 70 valence electrons. The second kappa shape index (κ2) is 3.53. The average Bonchev–Trinajstić information content (AvgIpc) is 2.18. The number of rotatable bonds is 1. The Labute approximate surface area is 94.0 Å². The largest absolute Gasteiger partial charge is 0.270 e. The first-order chi connectivity index (χ1) is 6.68. The molecule has 0 amide bonds. The van der Waals surface area contributed by atoms with Crippen LogP contribution in [0.1, 0.15) is 0 Å². The zero-order chi connectivity index (χ0) is 10.1. The number of nitrogens with zero attached hydrogens (tertiary/aromatic N) is 1. The molecule has 2 aromatic rings. The Balaban J connectivity index is 2.76. The van der Waals surface area contributed by atoms with Crippen molar-refractivity contribution in [2.24, 2.45) is 0 Å². The number of nitro benzene ring substituents is 1. The van der Waals surface area contributed by atoms with E-state index in [9.17, 15) is 10.1 Å². The molecule has 3 nitrogen and oxygen atoms in total. The van der Waals surface area contributed by atoms with Gasteiger partial charge in [-0.1, -0.05) is 12.1 Å². The number of hydrogen-bond acceptors (Lipinski definition) is 2. The number of fused-ring (bicyclic) bond motifs is 1. The first kappa shape index (κ1) is 9.39. The highest BCUT2D eigenvalue weighted by molar-refractivity contribution is 14.1. The highest BCUT2D eigenvalue weighted by Crippen LogP contribution is 2.24. The maximum absolute atomic E-state index is 10.6. The van der Waals surface area contributed by atoms with E-state index in [1.165, 1.54) is 6.07 Å². The van der Waals surface area contributed by atoms with Gasteiger partial charge in [-0.25, -0.2) is 0 Å². The maximum atomic E-state index is 10.6. The Morgan fingerprint density at radius 3 is 2.71 bits per heavy atom. The summed E-state index contributed by atoms with van der Waals surface area (Å²) in [6.45, 7) is 0. The molecule has 2 aromatic carbocycles. The molecule has 0 spiro atoms. The minimum atomic E-state index is -0.373. The second-order valence-corrected chi connectivity index (χ2v) is 4.06. The first-order valence-corrected chi connectivity index (χ1v) is 5.09. The minimum absolute atomic E-state index is 0.140. The van der Waals surface area contributed by atoms with Gasteiger partial charge in [0.25, 0.3) is 5.69 Å². The van der Waals surface area contributed by atoms with Crippen molar-refractivity contribution in [3.05, 3.63) is 50.1 Å². The average molecular weight is 299 g/mol. The van der Waals surface area contributed by atoms with Crippen LogP contribution in [-0.2, 0) is 0 Å². The molecule has 4 heteroatoms. The summed E-state index contributed by atoms with van der Waals surface area (Å²) >= 11 is 2.18. The van der Waals surface area contributed by atoms with Crippen molar-refractivity contribution in [2.45, 2.75) is 0 Å². The molecule has 0 N–H and O–H groups in total. The summed E-state index contributed by atoms with van der Waals surface area (Å²) in [6.07, 6.45) is 0. The predicted molar refractivity (Wildman–Crippen MR) is 63.3 cm³/mol. The van der Waals surface area contributed by atoms with Crippen molar-refractivity contribution in [3.63, 3.8) is 0 Å². The first-order valence-electron chi connectivity index (χ1n) is 4.01. The van der Waals surface area contributed by atoms with Crippen LogP contribution in [-0.4, -0.2) is 4.92 Å². The van der Waals surface area contributed by atoms with Crippen LogP contribution in [0.2, 0.25) is 0 Å². The third-order valence-corrected chi connectivity index (χ3v) is 2.96. The SMILES string of the molecule is O=[N+]([O-])c1ccc2cccc(I)c2c1. The molecule has 0 unspecified atom stereocenters. The van der Waals surface area contributed by atoms with E-state index in [0.29, 0.717) is 0 Å². The van der Waals surface area contributed by atoms with E-state index < -0.39 is 0 Å². The third kappa shape index (κ3) is 1.57. The number of benzene rings is 2. The normalized spacial score (nSPS) is 10.4. The predicted octanol–water partition coefficient (Wildman–Crippen LogP) is 3.35. The molecule has 0 aliphatic heterocycles. The molecular formula is C10H6INO2. The van der Waals surface area contributed by atoms with E-state index >= 15 is 0 Å². The highest BCUT2D eigenvalue weighted by Gasteiger charge is 2.06. The van der Waals surface area contributed by atoms with E-state index in [4.69, 9.17) is 0 Å². The zero-order valence-corrected chi connectivity index (χ0v) is 9.26. The van der Waals surface area contributed by atoms with E-state index in [-0.39, 0.29) is 10.6 Å². The lowest BCUT2D eigenvalue weighted by molar-refractivity contribution is -0.384. The summed E-state index contributed by atoms with van der Waals surface area (Å²) in [6, 6.07) is 10.7. The monoisotopic (exact) mass is 299 g/mol. The van der Waals surface area contributed by atoms with Gasteiger partial charge in [-0.05, 0) is 40.1 Å².